The van der Waals surface area contributed by atoms with Crippen LogP contribution in [0.25, 0.3) is 33.1 Å². The van der Waals surface area contributed by atoms with Crippen LogP contribution < -0.4 is 0 Å². The molecule has 0 atom stereocenters. The molecule has 4 heteroatoms. The fourth-order valence-corrected chi connectivity index (χ4v) is 2.80. The molecule has 19 heavy (non-hydrogen) atoms. The first kappa shape index (κ1) is 10.8. The van der Waals surface area contributed by atoms with Crippen LogP contribution in [0.2, 0.25) is 5.02 Å². The Hall–Kier alpha value is -2.13. The van der Waals surface area contributed by atoms with Gasteiger partial charge in [0.25, 0.3) is 0 Å². The molecule has 2 aromatic carbocycles. The van der Waals surface area contributed by atoms with Gasteiger partial charge in [-0.1, -0.05) is 17.7 Å². The second kappa shape index (κ2) is 3.68. The zero-order chi connectivity index (χ0) is 13.0. The summed E-state index contributed by atoms with van der Waals surface area (Å²) in [7, 11) is 2.05. The highest BCUT2D eigenvalue weighted by Gasteiger charge is 2.09. The van der Waals surface area contributed by atoms with Gasteiger partial charge in [-0.2, -0.15) is 0 Å². The summed E-state index contributed by atoms with van der Waals surface area (Å²) in [6.07, 6.45) is 2.07. The van der Waals surface area contributed by atoms with Crippen LogP contribution in [0.15, 0.2) is 42.6 Å². The molecule has 0 spiro atoms. The summed E-state index contributed by atoms with van der Waals surface area (Å²) < 4.78 is 2.11. The van der Waals surface area contributed by atoms with E-state index in [1.165, 1.54) is 10.9 Å². The molecule has 0 saturated carbocycles. The van der Waals surface area contributed by atoms with Crippen molar-refractivity contribution in [2.24, 2.45) is 7.05 Å². The van der Waals surface area contributed by atoms with Crippen LogP contribution in [0.3, 0.4) is 0 Å². The molecule has 0 saturated heterocycles. The van der Waals surface area contributed by atoms with Gasteiger partial charge in [0.2, 0.25) is 0 Å². The van der Waals surface area contributed by atoms with Gasteiger partial charge in [-0.05, 0) is 35.9 Å². The van der Waals surface area contributed by atoms with E-state index in [2.05, 4.69) is 58.3 Å². The molecule has 0 fully saturated rings. The van der Waals surface area contributed by atoms with Crippen molar-refractivity contribution in [3.63, 3.8) is 0 Å². The predicted octanol–water partition coefficient (Wildman–Crippen LogP) is 4.31. The van der Waals surface area contributed by atoms with E-state index in [0.717, 1.165) is 27.2 Å². The SMILES string of the molecule is Cn1ccc2cc(-c3cc4[nH][nH]c4cc3Cl)ccc21. The molecule has 2 N–H and O–H groups in total. The summed E-state index contributed by atoms with van der Waals surface area (Å²) in [5.74, 6) is 0. The van der Waals surface area contributed by atoms with E-state index in [1.54, 1.807) is 0 Å². The normalized spacial score (nSPS) is 11.7. The van der Waals surface area contributed by atoms with Gasteiger partial charge in [-0.25, -0.2) is 0 Å². The second-order valence-electron chi connectivity index (χ2n) is 4.83. The standard InChI is InChI=1S/C15H12ClN3/c1-19-5-4-10-6-9(2-3-15(10)19)11-7-13-14(18-17-13)8-12(11)16/h2-8,17-18H,1H3. The Morgan fingerprint density at radius 1 is 1.00 bits per heavy atom. The van der Waals surface area contributed by atoms with Crippen LogP contribution in [0.4, 0.5) is 0 Å². The number of aromatic amines is 2. The van der Waals surface area contributed by atoms with Gasteiger partial charge in [-0.15, -0.1) is 0 Å². The molecule has 4 aromatic rings. The molecule has 0 radical (unpaired) electrons. The number of nitrogens with zero attached hydrogens (tertiary/aromatic N) is 1. The monoisotopic (exact) mass is 269 g/mol. The minimum atomic E-state index is 0.767. The van der Waals surface area contributed by atoms with E-state index < -0.39 is 0 Å². The van der Waals surface area contributed by atoms with Crippen molar-refractivity contribution >= 4 is 33.5 Å². The van der Waals surface area contributed by atoms with Crippen molar-refractivity contribution in [2.45, 2.75) is 0 Å². The van der Waals surface area contributed by atoms with Crippen molar-refractivity contribution in [3.8, 4) is 11.1 Å². The second-order valence-corrected chi connectivity index (χ2v) is 5.24. The maximum Gasteiger partial charge on any atom is 0.0804 e. The Morgan fingerprint density at radius 2 is 1.79 bits per heavy atom. The fourth-order valence-electron chi connectivity index (χ4n) is 2.52. The fraction of sp³-hybridized carbons (Fsp3) is 0.0667. The summed E-state index contributed by atoms with van der Waals surface area (Å²) in [6, 6.07) is 12.6. The molecule has 4 rings (SSSR count). The van der Waals surface area contributed by atoms with Gasteiger partial charge >= 0.3 is 0 Å². The van der Waals surface area contributed by atoms with Crippen LogP contribution >= 0.6 is 11.6 Å². The average molecular weight is 270 g/mol. The number of rotatable bonds is 1. The topological polar surface area (TPSA) is 36.5 Å². The first-order chi connectivity index (χ1) is 9.22. The van der Waals surface area contributed by atoms with E-state index in [0.29, 0.717) is 0 Å². The maximum atomic E-state index is 6.35. The number of nitrogens with one attached hydrogen (secondary N) is 2. The highest BCUT2D eigenvalue weighted by atomic mass is 35.5. The molecule has 2 aromatic heterocycles. The molecule has 0 amide bonds. The van der Waals surface area contributed by atoms with Crippen molar-refractivity contribution in [1.29, 1.82) is 0 Å². The third-order valence-corrected chi connectivity index (χ3v) is 3.95. The Labute approximate surface area is 114 Å². The molecule has 0 aliphatic carbocycles. The number of aryl methyl sites for hydroxylation is 1. The van der Waals surface area contributed by atoms with Crippen LogP contribution in [-0.4, -0.2) is 14.8 Å². The number of benzene rings is 2. The molecular weight excluding hydrogens is 258 g/mol. The van der Waals surface area contributed by atoms with E-state index in [-0.39, 0.29) is 0 Å². The summed E-state index contributed by atoms with van der Waals surface area (Å²) in [6.45, 7) is 0. The molecule has 0 aliphatic rings. The number of aromatic nitrogens is 3. The number of hydrogen-bond acceptors (Lipinski definition) is 0. The zero-order valence-corrected chi connectivity index (χ0v) is 11.1. The van der Waals surface area contributed by atoms with Gasteiger partial charge < -0.3 is 4.57 Å². The average Bonchev–Trinajstić information content (AvgIpc) is 2.75. The van der Waals surface area contributed by atoms with E-state index in [1.807, 2.05) is 6.07 Å². The minimum Gasteiger partial charge on any atom is -0.351 e. The molecule has 94 valence electrons. The van der Waals surface area contributed by atoms with Gasteiger partial charge in [0.1, 0.15) is 0 Å². The van der Waals surface area contributed by atoms with Gasteiger partial charge in [0.05, 0.1) is 16.1 Å². The van der Waals surface area contributed by atoms with E-state index in [4.69, 9.17) is 11.6 Å². The van der Waals surface area contributed by atoms with Crippen molar-refractivity contribution in [3.05, 3.63) is 47.6 Å². The van der Waals surface area contributed by atoms with Crippen LogP contribution in [0, 0.1) is 0 Å². The highest BCUT2D eigenvalue weighted by molar-refractivity contribution is 6.34. The molecular formula is C15H12ClN3. The number of halogens is 1. The van der Waals surface area contributed by atoms with Crippen LogP contribution in [-0.2, 0) is 7.05 Å². The van der Waals surface area contributed by atoms with E-state index >= 15 is 0 Å². The Bertz CT molecular complexity index is 895. The van der Waals surface area contributed by atoms with Crippen LogP contribution in [0.1, 0.15) is 0 Å². The Kier molecular flexibility index (Phi) is 2.09. The Morgan fingerprint density at radius 3 is 2.58 bits per heavy atom. The molecule has 0 aliphatic heterocycles. The first-order valence-electron chi connectivity index (χ1n) is 6.13. The molecule has 2 heterocycles. The molecule has 0 unspecified atom stereocenters. The van der Waals surface area contributed by atoms with Gasteiger partial charge in [-0.3, -0.25) is 10.2 Å². The lowest BCUT2D eigenvalue weighted by Gasteiger charge is -2.10. The third-order valence-electron chi connectivity index (χ3n) is 3.64. The summed E-state index contributed by atoms with van der Waals surface area (Å²) in [5, 5.41) is 8.05. The van der Waals surface area contributed by atoms with Crippen molar-refractivity contribution in [2.75, 3.05) is 0 Å². The number of H-pyrrole nitrogens is 2. The smallest absolute Gasteiger partial charge is 0.0804 e. The summed E-state index contributed by atoms with van der Waals surface area (Å²) in [5.41, 5.74) is 5.56. The largest absolute Gasteiger partial charge is 0.351 e. The molecule has 3 nitrogen and oxygen atoms in total. The maximum absolute atomic E-state index is 6.35. The highest BCUT2D eigenvalue weighted by Crippen LogP contribution is 2.33. The van der Waals surface area contributed by atoms with Gasteiger partial charge in [0, 0.05) is 29.7 Å². The quantitative estimate of drug-likeness (QED) is 0.517. The summed E-state index contributed by atoms with van der Waals surface area (Å²) in [4.78, 5) is 0. The lowest BCUT2D eigenvalue weighted by Crippen LogP contribution is -1.92. The van der Waals surface area contributed by atoms with Crippen molar-refractivity contribution in [1.82, 2.24) is 14.8 Å². The number of fused-ring (bicyclic) bond motifs is 2. The zero-order valence-electron chi connectivity index (χ0n) is 10.4. The number of hydrogen-bond donors (Lipinski definition) is 2. The van der Waals surface area contributed by atoms with Crippen molar-refractivity contribution < 1.29 is 0 Å². The van der Waals surface area contributed by atoms with E-state index in [9.17, 15) is 0 Å². The van der Waals surface area contributed by atoms with Crippen LogP contribution in [0.5, 0.6) is 0 Å². The van der Waals surface area contributed by atoms with Gasteiger partial charge in [0.15, 0.2) is 0 Å². The Balaban J connectivity index is 1.95. The lowest BCUT2D eigenvalue weighted by molar-refractivity contribution is 0.969. The summed E-state index contributed by atoms with van der Waals surface area (Å²) >= 11 is 6.35. The lowest BCUT2D eigenvalue weighted by atomic mass is 10.0. The molecule has 0 bridgehead atoms. The minimum absolute atomic E-state index is 0.767. The first-order valence-corrected chi connectivity index (χ1v) is 6.51. The predicted molar refractivity (Wildman–Crippen MR) is 79.6 cm³/mol. The third kappa shape index (κ3) is 1.52.